The molecule has 1 rings (SSSR count). The van der Waals surface area contributed by atoms with Crippen LogP contribution in [0, 0.1) is 11.6 Å². The molecule has 0 atom stereocenters. The Kier molecular flexibility index (Phi) is 3.56. The third kappa shape index (κ3) is 3.12. The number of benzene rings is 1. The van der Waals surface area contributed by atoms with E-state index in [1.807, 2.05) is 0 Å². The smallest absolute Gasteiger partial charge is 0.216 e. The van der Waals surface area contributed by atoms with Gasteiger partial charge in [0.25, 0.3) is 0 Å². The summed E-state index contributed by atoms with van der Waals surface area (Å²) in [5.74, 6) is -1.33. The quantitative estimate of drug-likeness (QED) is 0.787. The van der Waals surface area contributed by atoms with Gasteiger partial charge in [0, 0.05) is 19.5 Å². The van der Waals surface area contributed by atoms with Crippen LogP contribution in [0.1, 0.15) is 12.5 Å². The van der Waals surface area contributed by atoms with Crippen molar-refractivity contribution < 1.29 is 13.6 Å². The first kappa shape index (κ1) is 10.6. The molecule has 0 aliphatic heterocycles. The highest BCUT2D eigenvalue weighted by molar-refractivity contribution is 5.72. The number of hydrogen-bond donors (Lipinski definition) is 1. The van der Waals surface area contributed by atoms with Crippen LogP contribution < -0.4 is 5.32 Å². The molecule has 0 bridgehead atoms. The fraction of sp³-hybridized carbons (Fsp3) is 0.300. The molecular formula is C10H11F2NO. The average molecular weight is 199 g/mol. The normalized spacial score (nSPS) is 9.93. The summed E-state index contributed by atoms with van der Waals surface area (Å²) in [5, 5.41) is 2.54. The van der Waals surface area contributed by atoms with Gasteiger partial charge in [-0.1, -0.05) is 6.07 Å². The van der Waals surface area contributed by atoms with Crippen LogP contribution in [0.25, 0.3) is 0 Å². The van der Waals surface area contributed by atoms with Crippen LogP contribution in [0.5, 0.6) is 0 Å². The Morgan fingerprint density at radius 1 is 1.43 bits per heavy atom. The Morgan fingerprint density at radius 3 is 2.71 bits per heavy atom. The molecule has 0 aliphatic carbocycles. The Balaban J connectivity index is 2.55. The summed E-state index contributed by atoms with van der Waals surface area (Å²) in [5.41, 5.74) is 0.403. The van der Waals surface area contributed by atoms with Crippen molar-refractivity contribution in [2.75, 3.05) is 6.54 Å². The summed E-state index contributed by atoms with van der Waals surface area (Å²) in [6, 6.07) is 3.42. The second-order valence-corrected chi connectivity index (χ2v) is 2.97. The molecule has 0 aliphatic rings. The van der Waals surface area contributed by atoms with E-state index in [0.29, 0.717) is 18.5 Å². The van der Waals surface area contributed by atoms with Gasteiger partial charge >= 0.3 is 0 Å². The molecule has 14 heavy (non-hydrogen) atoms. The summed E-state index contributed by atoms with van der Waals surface area (Å²) in [4.78, 5) is 10.5. The van der Waals surface area contributed by atoms with Gasteiger partial charge in [-0.15, -0.1) is 0 Å². The molecular weight excluding hydrogens is 188 g/mol. The van der Waals surface area contributed by atoms with E-state index >= 15 is 0 Å². The van der Waals surface area contributed by atoms with E-state index in [-0.39, 0.29) is 5.91 Å². The number of carbonyl (C=O) groups is 1. The Bertz CT molecular complexity index is 339. The first-order valence-electron chi connectivity index (χ1n) is 4.28. The molecule has 0 fully saturated rings. The van der Waals surface area contributed by atoms with Crippen molar-refractivity contribution in [2.45, 2.75) is 13.3 Å². The first-order valence-corrected chi connectivity index (χ1v) is 4.28. The zero-order chi connectivity index (χ0) is 10.6. The van der Waals surface area contributed by atoms with Crippen LogP contribution in [0.15, 0.2) is 18.2 Å². The van der Waals surface area contributed by atoms with E-state index in [1.165, 1.54) is 19.1 Å². The van der Waals surface area contributed by atoms with Crippen LogP contribution in [0.3, 0.4) is 0 Å². The first-order chi connectivity index (χ1) is 6.59. The topological polar surface area (TPSA) is 29.1 Å². The molecule has 0 unspecified atom stereocenters. The summed E-state index contributed by atoms with van der Waals surface area (Å²) in [6.07, 6.45) is 0.367. The lowest BCUT2D eigenvalue weighted by Crippen LogP contribution is -2.22. The van der Waals surface area contributed by atoms with Gasteiger partial charge < -0.3 is 5.32 Å². The maximum atomic E-state index is 13.0. The SMILES string of the molecule is CC(=O)NCCc1ccc(F)cc1F. The van der Waals surface area contributed by atoms with Crippen molar-refractivity contribution >= 4 is 5.91 Å². The fourth-order valence-electron chi connectivity index (χ4n) is 1.10. The van der Waals surface area contributed by atoms with Crippen molar-refractivity contribution in [3.8, 4) is 0 Å². The largest absolute Gasteiger partial charge is 0.356 e. The maximum absolute atomic E-state index is 13.0. The highest BCUT2D eigenvalue weighted by Gasteiger charge is 2.03. The second kappa shape index (κ2) is 4.69. The number of nitrogens with one attached hydrogen (secondary N) is 1. The minimum Gasteiger partial charge on any atom is -0.356 e. The molecule has 0 aromatic heterocycles. The molecule has 76 valence electrons. The van der Waals surface area contributed by atoms with E-state index in [4.69, 9.17) is 0 Å². The summed E-state index contributed by atoms with van der Waals surface area (Å²) in [6.45, 7) is 1.75. The third-order valence-electron chi connectivity index (χ3n) is 1.78. The minimum atomic E-state index is -0.592. The van der Waals surface area contributed by atoms with Gasteiger partial charge in [0.05, 0.1) is 0 Å². The maximum Gasteiger partial charge on any atom is 0.216 e. The third-order valence-corrected chi connectivity index (χ3v) is 1.78. The Labute approximate surface area is 80.9 Å². The second-order valence-electron chi connectivity index (χ2n) is 2.97. The lowest BCUT2D eigenvalue weighted by molar-refractivity contribution is -0.118. The predicted molar refractivity (Wildman–Crippen MR) is 48.7 cm³/mol. The van der Waals surface area contributed by atoms with E-state index in [2.05, 4.69) is 5.32 Å². The van der Waals surface area contributed by atoms with Crippen LogP contribution in [-0.2, 0) is 11.2 Å². The molecule has 1 aromatic rings. The standard InChI is InChI=1S/C10H11F2NO/c1-7(14)13-5-4-8-2-3-9(11)6-10(8)12/h2-3,6H,4-5H2,1H3,(H,13,14). The number of halogens is 2. The van der Waals surface area contributed by atoms with E-state index in [9.17, 15) is 13.6 Å². The van der Waals surface area contributed by atoms with Crippen LogP contribution in [0.2, 0.25) is 0 Å². The van der Waals surface area contributed by atoms with Crippen LogP contribution in [-0.4, -0.2) is 12.5 Å². The molecule has 0 heterocycles. The number of carbonyl (C=O) groups excluding carboxylic acids is 1. The highest BCUT2D eigenvalue weighted by atomic mass is 19.1. The molecule has 4 heteroatoms. The van der Waals surface area contributed by atoms with Gasteiger partial charge in [-0.3, -0.25) is 4.79 Å². The van der Waals surface area contributed by atoms with Gasteiger partial charge in [0.2, 0.25) is 5.91 Å². The summed E-state index contributed by atoms with van der Waals surface area (Å²) < 4.78 is 25.5. The van der Waals surface area contributed by atoms with Gasteiger partial charge in [-0.2, -0.15) is 0 Å². The van der Waals surface area contributed by atoms with Crippen molar-refractivity contribution in [3.05, 3.63) is 35.4 Å². The van der Waals surface area contributed by atoms with E-state index < -0.39 is 11.6 Å². The monoisotopic (exact) mass is 199 g/mol. The lowest BCUT2D eigenvalue weighted by Gasteiger charge is -2.03. The van der Waals surface area contributed by atoms with E-state index in [0.717, 1.165) is 6.07 Å². The summed E-state index contributed by atoms with van der Waals surface area (Å²) >= 11 is 0. The zero-order valence-corrected chi connectivity index (χ0v) is 7.81. The molecule has 2 nitrogen and oxygen atoms in total. The number of rotatable bonds is 3. The minimum absolute atomic E-state index is 0.160. The van der Waals surface area contributed by atoms with E-state index in [1.54, 1.807) is 0 Å². The average Bonchev–Trinajstić information content (AvgIpc) is 2.08. The van der Waals surface area contributed by atoms with Crippen LogP contribution in [0.4, 0.5) is 8.78 Å². The van der Waals surface area contributed by atoms with Gasteiger partial charge in [0.1, 0.15) is 11.6 Å². The van der Waals surface area contributed by atoms with Gasteiger partial charge in [0.15, 0.2) is 0 Å². The predicted octanol–water partition coefficient (Wildman–Crippen LogP) is 1.64. The zero-order valence-electron chi connectivity index (χ0n) is 7.81. The Morgan fingerprint density at radius 2 is 2.14 bits per heavy atom. The van der Waals surface area contributed by atoms with Crippen molar-refractivity contribution in [1.29, 1.82) is 0 Å². The number of hydrogen-bond acceptors (Lipinski definition) is 1. The molecule has 1 N–H and O–H groups in total. The van der Waals surface area contributed by atoms with Crippen molar-refractivity contribution in [2.24, 2.45) is 0 Å². The molecule has 1 aromatic carbocycles. The molecule has 0 saturated heterocycles. The lowest BCUT2D eigenvalue weighted by atomic mass is 10.1. The van der Waals surface area contributed by atoms with Gasteiger partial charge in [-0.05, 0) is 18.1 Å². The number of amides is 1. The fourth-order valence-corrected chi connectivity index (χ4v) is 1.10. The molecule has 0 saturated carbocycles. The van der Waals surface area contributed by atoms with Crippen molar-refractivity contribution in [1.82, 2.24) is 5.32 Å². The molecule has 0 radical (unpaired) electrons. The molecule has 1 amide bonds. The van der Waals surface area contributed by atoms with Crippen LogP contribution >= 0.6 is 0 Å². The summed E-state index contributed by atoms with van der Waals surface area (Å²) in [7, 11) is 0. The van der Waals surface area contributed by atoms with Crippen molar-refractivity contribution in [3.63, 3.8) is 0 Å². The highest BCUT2D eigenvalue weighted by Crippen LogP contribution is 2.09. The molecule has 0 spiro atoms. The van der Waals surface area contributed by atoms with Gasteiger partial charge in [-0.25, -0.2) is 8.78 Å². The Hall–Kier alpha value is -1.45.